The Kier molecular flexibility index (Phi) is 6.29. The molecule has 0 radical (unpaired) electrons. The highest BCUT2D eigenvalue weighted by molar-refractivity contribution is 5.43. The fraction of sp³-hybridized carbons (Fsp3) is 0.667. The Bertz CT molecular complexity index is 597. The second-order valence-electron chi connectivity index (χ2n) is 6.84. The molecule has 1 unspecified atom stereocenters. The lowest BCUT2D eigenvalue weighted by Crippen LogP contribution is -2.35. The first-order valence-electron chi connectivity index (χ1n) is 8.91. The lowest BCUT2D eigenvalue weighted by atomic mass is 10.2. The van der Waals surface area contributed by atoms with Crippen molar-refractivity contribution in [2.24, 2.45) is 0 Å². The number of aliphatic hydroxyl groups is 1. The zero-order valence-electron chi connectivity index (χ0n) is 15.0. The van der Waals surface area contributed by atoms with E-state index in [0.717, 1.165) is 25.1 Å². The fourth-order valence-corrected chi connectivity index (χ4v) is 3.26. The molecule has 0 amide bonds. The number of likely N-dealkylation sites (tertiary alicyclic amines) is 1. The second kappa shape index (κ2) is 8.47. The molecule has 2 aliphatic rings. The molecule has 8 heteroatoms. The van der Waals surface area contributed by atoms with E-state index in [1.807, 2.05) is 23.3 Å². The molecule has 0 aromatic heterocycles. The highest BCUT2D eigenvalue weighted by Gasteiger charge is 2.38. The van der Waals surface area contributed by atoms with Gasteiger partial charge in [0.15, 0.2) is 11.5 Å². The van der Waals surface area contributed by atoms with Crippen LogP contribution in [0.4, 0.5) is 8.78 Å². The third-order valence-electron chi connectivity index (χ3n) is 4.56. The Morgan fingerprint density at radius 2 is 2.15 bits per heavy atom. The highest BCUT2D eigenvalue weighted by Crippen LogP contribution is 2.30. The Hall–Kier alpha value is -1.48. The molecule has 1 aromatic carbocycles. The first kappa shape index (κ1) is 19.3. The maximum atomic E-state index is 13.2. The fourth-order valence-electron chi connectivity index (χ4n) is 3.26. The summed E-state index contributed by atoms with van der Waals surface area (Å²) in [7, 11) is 1.55. The summed E-state index contributed by atoms with van der Waals surface area (Å²) in [5.74, 6) is -1.57. The van der Waals surface area contributed by atoms with Gasteiger partial charge in [-0.1, -0.05) is 6.07 Å². The highest BCUT2D eigenvalue weighted by atomic mass is 19.3. The van der Waals surface area contributed by atoms with Gasteiger partial charge >= 0.3 is 0 Å². The van der Waals surface area contributed by atoms with Crippen molar-refractivity contribution in [1.29, 1.82) is 0 Å². The standard InChI is InChI=1S/C18H26F2N2O4/c1-24-16-4-3-14(10-22-6-2-8-26-22)9-17(16)25-12-15(23)11-21-7-5-18(19,20)13-21/h3-4,9,15,23H,2,5-8,10-13H2,1H3. The monoisotopic (exact) mass is 372 g/mol. The summed E-state index contributed by atoms with van der Waals surface area (Å²) in [6, 6.07) is 5.61. The molecule has 0 bridgehead atoms. The largest absolute Gasteiger partial charge is 0.493 e. The minimum absolute atomic E-state index is 0.0160. The van der Waals surface area contributed by atoms with Crippen LogP contribution in [0.5, 0.6) is 11.5 Å². The molecular weight excluding hydrogens is 346 g/mol. The summed E-state index contributed by atoms with van der Waals surface area (Å²) in [5.41, 5.74) is 1.01. The van der Waals surface area contributed by atoms with Gasteiger partial charge in [-0.25, -0.2) is 8.78 Å². The minimum Gasteiger partial charge on any atom is -0.493 e. The summed E-state index contributed by atoms with van der Waals surface area (Å²) in [6.45, 7) is 2.44. The number of ether oxygens (including phenoxy) is 2. The van der Waals surface area contributed by atoms with Gasteiger partial charge in [-0.3, -0.25) is 9.74 Å². The van der Waals surface area contributed by atoms with Crippen LogP contribution >= 0.6 is 0 Å². The van der Waals surface area contributed by atoms with Crippen molar-refractivity contribution in [3.63, 3.8) is 0 Å². The Morgan fingerprint density at radius 3 is 2.81 bits per heavy atom. The zero-order chi connectivity index (χ0) is 18.6. The maximum absolute atomic E-state index is 13.2. The first-order valence-corrected chi connectivity index (χ1v) is 8.91. The molecule has 2 fully saturated rings. The van der Waals surface area contributed by atoms with Crippen LogP contribution in [0.1, 0.15) is 18.4 Å². The van der Waals surface area contributed by atoms with Crippen LogP contribution < -0.4 is 9.47 Å². The van der Waals surface area contributed by atoms with Gasteiger partial charge in [-0.15, -0.1) is 0 Å². The number of rotatable bonds is 8. The van der Waals surface area contributed by atoms with Crippen molar-refractivity contribution >= 4 is 0 Å². The van der Waals surface area contributed by atoms with Crippen molar-refractivity contribution in [2.75, 3.05) is 46.5 Å². The molecular formula is C18H26F2N2O4. The topological polar surface area (TPSA) is 54.4 Å². The van der Waals surface area contributed by atoms with Gasteiger partial charge in [0.2, 0.25) is 0 Å². The Balaban J connectivity index is 1.53. The molecule has 0 aliphatic carbocycles. The average Bonchev–Trinajstić information content (AvgIpc) is 3.22. The maximum Gasteiger partial charge on any atom is 0.261 e. The number of benzene rings is 1. The first-order chi connectivity index (χ1) is 12.4. The van der Waals surface area contributed by atoms with E-state index in [2.05, 4.69) is 0 Å². The van der Waals surface area contributed by atoms with Crippen molar-refractivity contribution in [2.45, 2.75) is 31.4 Å². The number of methoxy groups -OCH3 is 1. The molecule has 3 rings (SSSR count). The van der Waals surface area contributed by atoms with Gasteiger partial charge in [0.05, 0.1) is 20.3 Å². The number of halogens is 2. The molecule has 6 nitrogen and oxygen atoms in total. The molecule has 2 aliphatic heterocycles. The van der Waals surface area contributed by atoms with Crippen LogP contribution in [0.15, 0.2) is 18.2 Å². The van der Waals surface area contributed by atoms with Gasteiger partial charge in [0.1, 0.15) is 12.7 Å². The van der Waals surface area contributed by atoms with Crippen LogP contribution in [-0.4, -0.2) is 73.6 Å². The summed E-state index contributed by atoms with van der Waals surface area (Å²) >= 11 is 0. The molecule has 1 aromatic rings. The summed E-state index contributed by atoms with van der Waals surface area (Å²) in [5, 5.41) is 12.0. The lowest BCUT2D eigenvalue weighted by molar-refractivity contribution is -0.117. The number of hydrogen-bond donors (Lipinski definition) is 1. The molecule has 1 atom stereocenters. The third-order valence-corrected chi connectivity index (χ3v) is 4.56. The van der Waals surface area contributed by atoms with Gasteiger partial charge in [0.25, 0.3) is 5.92 Å². The molecule has 2 heterocycles. The van der Waals surface area contributed by atoms with Crippen molar-refractivity contribution in [3.8, 4) is 11.5 Å². The van der Waals surface area contributed by atoms with Crippen LogP contribution in [0.3, 0.4) is 0 Å². The lowest BCUT2D eigenvalue weighted by Gasteiger charge is -2.21. The van der Waals surface area contributed by atoms with E-state index < -0.39 is 12.0 Å². The van der Waals surface area contributed by atoms with Crippen molar-refractivity contribution in [1.82, 2.24) is 9.96 Å². The Labute approximate surface area is 152 Å². The van der Waals surface area contributed by atoms with Crippen LogP contribution in [0, 0.1) is 0 Å². The normalized spacial score (nSPS) is 21.8. The zero-order valence-corrected chi connectivity index (χ0v) is 15.0. The summed E-state index contributed by atoms with van der Waals surface area (Å²) in [6.07, 6.45) is 0.00942. The van der Waals surface area contributed by atoms with E-state index in [-0.39, 0.29) is 26.1 Å². The SMILES string of the molecule is COc1ccc(CN2CCCO2)cc1OCC(O)CN1CCC(F)(F)C1. The van der Waals surface area contributed by atoms with Gasteiger partial charge in [0, 0.05) is 32.6 Å². The summed E-state index contributed by atoms with van der Waals surface area (Å²) < 4.78 is 37.5. The van der Waals surface area contributed by atoms with Gasteiger partial charge < -0.3 is 14.6 Å². The molecule has 26 heavy (non-hydrogen) atoms. The Morgan fingerprint density at radius 1 is 1.31 bits per heavy atom. The van der Waals surface area contributed by atoms with Crippen LogP contribution in [-0.2, 0) is 11.4 Å². The van der Waals surface area contributed by atoms with E-state index in [1.165, 1.54) is 0 Å². The average molecular weight is 372 g/mol. The predicted molar refractivity (Wildman–Crippen MR) is 91.5 cm³/mol. The van der Waals surface area contributed by atoms with E-state index in [1.54, 1.807) is 12.0 Å². The van der Waals surface area contributed by atoms with Gasteiger partial charge in [-0.2, -0.15) is 5.06 Å². The summed E-state index contributed by atoms with van der Waals surface area (Å²) in [4.78, 5) is 7.06. The van der Waals surface area contributed by atoms with Crippen LogP contribution in [0.2, 0.25) is 0 Å². The smallest absolute Gasteiger partial charge is 0.261 e. The number of β-amino-alcohol motifs (C(OH)–C–C–N with tert-alkyl or cyclic N) is 1. The van der Waals surface area contributed by atoms with Crippen molar-refractivity contribution in [3.05, 3.63) is 23.8 Å². The van der Waals surface area contributed by atoms with E-state index in [9.17, 15) is 13.9 Å². The van der Waals surface area contributed by atoms with E-state index in [0.29, 0.717) is 24.6 Å². The number of alkyl halides is 2. The van der Waals surface area contributed by atoms with Crippen molar-refractivity contribution < 1.29 is 28.2 Å². The molecule has 0 saturated carbocycles. The quantitative estimate of drug-likeness (QED) is 0.753. The van der Waals surface area contributed by atoms with E-state index in [4.69, 9.17) is 14.3 Å². The molecule has 146 valence electrons. The molecule has 1 N–H and O–H groups in total. The molecule has 0 spiro atoms. The predicted octanol–water partition coefficient (Wildman–Crippen LogP) is 1.91. The number of aliphatic hydroxyl groups excluding tert-OH is 1. The number of hydroxylamine groups is 2. The van der Waals surface area contributed by atoms with E-state index >= 15 is 0 Å². The van der Waals surface area contributed by atoms with Crippen LogP contribution in [0.25, 0.3) is 0 Å². The number of hydrogen-bond acceptors (Lipinski definition) is 6. The minimum atomic E-state index is -2.66. The third kappa shape index (κ3) is 5.26. The second-order valence-corrected chi connectivity index (χ2v) is 6.84. The number of nitrogens with zero attached hydrogens (tertiary/aromatic N) is 2. The van der Waals surface area contributed by atoms with Gasteiger partial charge in [-0.05, 0) is 24.1 Å². The molecule has 2 saturated heterocycles.